The topological polar surface area (TPSA) is 51.5 Å². The maximum absolute atomic E-state index is 8.60. The largest absolute Gasteiger partial charge is 0.478 e. The number of hydrogen-bond donors (Lipinski definition) is 1. The molecule has 0 atom stereocenters. The van der Waals surface area contributed by atoms with Gasteiger partial charge in [0.1, 0.15) is 11.8 Å². The van der Waals surface area contributed by atoms with Crippen molar-refractivity contribution in [1.82, 2.24) is 15.1 Å². The van der Waals surface area contributed by atoms with Gasteiger partial charge < -0.3 is 15.0 Å². The molecule has 1 aromatic carbocycles. The van der Waals surface area contributed by atoms with E-state index in [0.717, 1.165) is 57.1 Å². The maximum Gasteiger partial charge on any atom is 0.174 e. The van der Waals surface area contributed by atoms with E-state index in [2.05, 4.69) is 22.2 Å². The number of nitriles is 1. The Labute approximate surface area is 127 Å². The van der Waals surface area contributed by atoms with E-state index < -0.39 is 0 Å². The van der Waals surface area contributed by atoms with Crippen LogP contribution in [0.1, 0.15) is 5.56 Å². The zero-order valence-electron chi connectivity index (χ0n) is 12.7. The first-order valence-electron chi connectivity index (χ1n) is 7.49. The van der Waals surface area contributed by atoms with E-state index in [0.29, 0.717) is 0 Å². The van der Waals surface area contributed by atoms with Crippen LogP contribution < -0.4 is 10.1 Å². The first kappa shape index (κ1) is 15.8. The average molecular weight is 288 g/mol. The molecule has 1 heterocycles. The van der Waals surface area contributed by atoms with Crippen LogP contribution in [-0.2, 0) is 6.54 Å². The Balaban J connectivity index is 1.70. The first-order chi connectivity index (χ1) is 10.3. The van der Waals surface area contributed by atoms with Crippen LogP contribution in [0.5, 0.6) is 5.75 Å². The molecule has 5 nitrogen and oxygen atoms in total. The van der Waals surface area contributed by atoms with Crippen LogP contribution in [0.4, 0.5) is 0 Å². The molecule has 0 aromatic heterocycles. The normalized spacial score (nSPS) is 16.6. The molecular weight excluding hydrogens is 264 g/mol. The van der Waals surface area contributed by atoms with E-state index in [4.69, 9.17) is 10.00 Å². The van der Waals surface area contributed by atoms with Gasteiger partial charge >= 0.3 is 0 Å². The number of ether oxygens (including phenoxy) is 1. The summed E-state index contributed by atoms with van der Waals surface area (Å²) in [6.45, 7) is 7.54. The lowest BCUT2D eigenvalue weighted by Gasteiger charge is -2.32. The summed E-state index contributed by atoms with van der Waals surface area (Å²) in [4.78, 5) is 4.86. The molecule has 1 aliphatic heterocycles. The van der Waals surface area contributed by atoms with E-state index in [1.807, 2.05) is 30.3 Å². The molecule has 0 spiro atoms. The van der Waals surface area contributed by atoms with Gasteiger partial charge in [-0.2, -0.15) is 5.26 Å². The second-order valence-electron chi connectivity index (χ2n) is 5.38. The van der Waals surface area contributed by atoms with Crippen LogP contribution in [0.25, 0.3) is 0 Å². The lowest BCUT2D eigenvalue weighted by Crippen LogP contribution is -2.46. The zero-order valence-corrected chi connectivity index (χ0v) is 12.7. The van der Waals surface area contributed by atoms with Gasteiger partial charge in [-0.3, -0.25) is 4.90 Å². The van der Waals surface area contributed by atoms with Gasteiger partial charge in [-0.25, -0.2) is 0 Å². The van der Waals surface area contributed by atoms with E-state index in [-0.39, 0.29) is 6.61 Å². The van der Waals surface area contributed by atoms with Crippen molar-refractivity contribution in [2.75, 3.05) is 52.9 Å². The Morgan fingerprint density at radius 2 is 2.00 bits per heavy atom. The highest BCUT2D eigenvalue weighted by Gasteiger charge is 2.12. The van der Waals surface area contributed by atoms with Crippen molar-refractivity contribution in [3.8, 4) is 11.8 Å². The number of piperazine rings is 1. The average Bonchev–Trinajstić information content (AvgIpc) is 2.52. The molecule has 0 unspecified atom stereocenters. The molecule has 2 rings (SSSR count). The number of hydrogen-bond acceptors (Lipinski definition) is 5. The molecule has 1 saturated heterocycles. The number of benzene rings is 1. The molecule has 0 bridgehead atoms. The van der Waals surface area contributed by atoms with Gasteiger partial charge in [0.15, 0.2) is 6.61 Å². The molecule has 0 saturated carbocycles. The van der Waals surface area contributed by atoms with Gasteiger partial charge in [0.05, 0.1) is 0 Å². The third-order valence-corrected chi connectivity index (χ3v) is 3.78. The van der Waals surface area contributed by atoms with Gasteiger partial charge in [-0.05, 0) is 13.1 Å². The van der Waals surface area contributed by atoms with E-state index >= 15 is 0 Å². The third kappa shape index (κ3) is 5.35. The number of likely N-dealkylation sites (N-methyl/N-ethyl adjacent to an activating group) is 1. The molecule has 0 amide bonds. The van der Waals surface area contributed by atoms with Gasteiger partial charge in [0.2, 0.25) is 0 Å². The Bertz CT molecular complexity index is 464. The maximum atomic E-state index is 8.60. The lowest BCUT2D eigenvalue weighted by molar-refractivity contribution is 0.154. The number of nitrogens with zero attached hydrogens (tertiary/aromatic N) is 3. The lowest BCUT2D eigenvalue weighted by atomic mass is 10.2. The third-order valence-electron chi connectivity index (χ3n) is 3.78. The van der Waals surface area contributed by atoms with Crippen LogP contribution in [0.2, 0.25) is 0 Å². The van der Waals surface area contributed by atoms with Crippen LogP contribution in [0.15, 0.2) is 24.3 Å². The van der Waals surface area contributed by atoms with Crippen LogP contribution in [0, 0.1) is 11.3 Å². The Morgan fingerprint density at radius 1 is 1.24 bits per heavy atom. The number of nitrogens with one attached hydrogen (secondary N) is 1. The summed E-state index contributed by atoms with van der Waals surface area (Å²) >= 11 is 0. The second-order valence-corrected chi connectivity index (χ2v) is 5.38. The quantitative estimate of drug-likeness (QED) is 0.756. The molecule has 0 radical (unpaired) electrons. The van der Waals surface area contributed by atoms with Crippen molar-refractivity contribution in [1.29, 1.82) is 5.26 Å². The van der Waals surface area contributed by atoms with Crippen molar-refractivity contribution in [3.05, 3.63) is 29.8 Å². The van der Waals surface area contributed by atoms with Crippen molar-refractivity contribution in [3.63, 3.8) is 0 Å². The first-order valence-corrected chi connectivity index (χ1v) is 7.49. The fourth-order valence-electron chi connectivity index (χ4n) is 2.43. The Morgan fingerprint density at radius 3 is 2.76 bits per heavy atom. The van der Waals surface area contributed by atoms with E-state index in [1.165, 1.54) is 0 Å². The predicted molar refractivity (Wildman–Crippen MR) is 83.2 cm³/mol. The summed E-state index contributed by atoms with van der Waals surface area (Å²) < 4.78 is 5.43. The minimum absolute atomic E-state index is 0.0955. The molecule has 114 valence electrons. The van der Waals surface area contributed by atoms with Gasteiger partial charge in [0.25, 0.3) is 0 Å². The molecule has 1 N–H and O–H groups in total. The summed E-state index contributed by atoms with van der Waals surface area (Å²) in [5.41, 5.74) is 1.10. The van der Waals surface area contributed by atoms with Crippen molar-refractivity contribution in [2.24, 2.45) is 0 Å². The summed E-state index contributed by atoms with van der Waals surface area (Å²) in [6, 6.07) is 9.88. The molecule has 21 heavy (non-hydrogen) atoms. The molecule has 0 aliphatic carbocycles. The summed E-state index contributed by atoms with van der Waals surface area (Å²) in [5, 5.41) is 12.1. The fourth-order valence-corrected chi connectivity index (χ4v) is 2.43. The smallest absolute Gasteiger partial charge is 0.174 e. The van der Waals surface area contributed by atoms with Crippen LogP contribution in [-0.4, -0.2) is 62.7 Å². The van der Waals surface area contributed by atoms with Gasteiger partial charge in [-0.1, -0.05) is 18.2 Å². The SMILES string of the molecule is CN1CCN(CCNCc2ccccc2OCC#N)CC1. The second kappa shape index (κ2) is 8.63. The molecular formula is C16H24N4O. The molecule has 1 fully saturated rings. The Kier molecular flexibility index (Phi) is 6.48. The summed E-state index contributed by atoms with van der Waals surface area (Å²) in [5.74, 6) is 0.797. The summed E-state index contributed by atoms with van der Waals surface area (Å²) in [6.07, 6.45) is 0. The van der Waals surface area contributed by atoms with E-state index in [1.54, 1.807) is 0 Å². The van der Waals surface area contributed by atoms with E-state index in [9.17, 15) is 0 Å². The fraction of sp³-hybridized carbons (Fsp3) is 0.562. The zero-order chi connectivity index (χ0) is 14.9. The van der Waals surface area contributed by atoms with Crippen LogP contribution in [0.3, 0.4) is 0 Å². The molecule has 5 heteroatoms. The number of para-hydroxylation sites is 1. The molecule has 1 aliphatic rings. The van der Waals surface area contributed by atoms with Crippen molar-refractivity contribution in [2.45, 2.75) is 6.54 Å². The monoisotopic (exact) mass is 288 g/mol. The standard InChI is InChI=1S/C16H24N4O/c1-19-9-11-20(12-10-19)8-7-18-14-15-4-2-3-5-16(15)21-13-6-17/h2-5,18H,7-14H2,1H3. The molecule has 1 aromatic rings. The minimum Gasteiger partial charge on any atom is -0.478 e. The highest BCUT2D eigenvalue weighted by molar-refractivity contribution is 5.33. The Hall–Kier alpha value is -1.61. The minimum atomic E-state index is 0.0955. The predicted octanol–water partition coefficient (Wildman–Crippen LogP) is 0.926. The van der Waals surface area contributed by atoms with Crippen molar-refractivity contribution >= 4 is 0 Å². The van der Waals surface area contributed by atoms with Gasteiger partial charge in [-0.15, -0.1) is 0 Å². The highest BCUT2D eigenvalue weighted by atomic mass is 16.5. The highest BCUT2D eigenvalue weighted by Crippen LogP contribution is 2.17. The summed E-state index contributed by atoms with van der Waals surface area (Å²) in [7, 11) is 2.17. The van der Waals surface area contributed by atoms with Gasteiger partial charge in [0, 0.05) is 51.4 Å². The number of rotatable bonds is 7. The van der Waals surface area contributed by atoms with Crippen LogP contribution >= 0.6 is 0 Å². The van der Waals surface area contributed by atoms with Crippen molar-refractivity contribution < 1.29 is 4.74 Å².